The van der Waals surface area contributed by atoms with Crippen LogP contribution in [0, 0.1) is 0 Å². The van der Waals surface area contributed by atoms with E-state index in [4.69, 9.17) is 0 Å². The Bertz CT molecular complexity index is 368. The van der Waals surface area contributed by atoms with Crippen LogP contribution in [0.5, 0.6) is 0 Å². The van der Waals surface area contributed by atoms with Gasteiger partial charge in [-0.3, -0.25) is 0 Å². The van der Waals surface area contributed by atoms with Crippen LogP contribution in [0.3, 0.4) is 0 Å². The number of hydrogen-bond donors (Lipinski definition) is 1. The molecular formula is C14H26N4. The second kappa shape index (κ2) is 6.32. The first kappa shape index (κ1) is 13.5. The average Bonchev–Trinajstić information content (AvgIpc) is 2.65. The zero-order valence-corrected chi connectivity index (χ0v) is 11.9. The standard InChI is InChI=1S/C14H26N4/c1-4-12(5-2)15-11(3)14-17-16-13-9-7-6-8-10-18(13)14/h11-12,15H,4-10H2,1-3H3. The minimum atomic E-state index is 0.300. The molecule has 0 aromatic carbocycles. The van der Waals surface area contributed by atoms with Gasteiger partial charge in [-0.15, -0.1) is 10.2 Å². The molecule has 0 spiro atoms. The quantitative estimate of drug-likeness (QED) is 0.874. The van der Waals surface area contributed by atoms with Gasteiger partial charge in [0.05, 0.1) is 6.04 Å². The van der Waals surface area contributed by atoms with Crippen molar-refractivity contribution in [3.05, 3.63) is 11.6 Å². The first-order valence-corrected chi connectivity index (χ1v) is 7.44. The number of rotatable bonds is 5. The Morgan fingerprint density at radius 2 is 1.94 bits per heavy atom. The molecule has 0 amide bonds. The van der Waals surface area contributed by atoms with Gasteiger partial charge < -0.3 is 9.88 Å². The first-order chi connectivity index (χ1) is 8.76. The van der Waals surface area contributed by atoms with Gasteiger partial charge in [-0.05, 0) is 32.6 Å². The minimum absolute atomic E-state index is 0.300. The molecule has 1 N–H and O–H groups in total. The summed E-state index contributed by atoms with van der Waals surface area (Å²) in [5.41, 5.74) is 0. The normalized spacial score (nSPS) is 17.6. The largest absolute Gasteiger partial charge is 0.314 e. The molecule has 1 unspecified atom stereocenters. The molecule has 0 saturated heterocycles. The van der Waals surface area contributed by atoms with Crippen LogP contribution in [0.2, 0.25) is 0 Å². The maximum atomic E-state index is 4.41. The Labute approximate surface area is 110 Å². The van der Waals surface area contributed by atoms with Crippen molar-refractivity contribution in [1.29, 1.82) is 0 Å². The summed E-state index contributed by atoms with van der Waals surface area (Å²) in [5.74, 6) is 2.31. The molecule has 0 bridgehead atoms. The zero-order valence-electron chi connectivity index (χ0n) is 11.9. The molecule has 18 heavy (non-hydrogen) atoms. The third-order valence-electron chi connectivity index (χ3n) is 4.00. The topological polar surface area (TPSA) is 42.7 Å². The highest BCUT2D eigenvalue weighted by Crippen LogP contribution is 2.19. The molecule has 0 radical (unpaired) electrons. The van der Waals surface area contributed by atoms with Crippen molar-refractivity contribution in [2.45, 2.75) is 77.9 Å². The van der Waals surface area contributed by atoms with Gasteiger partial charge >= 0.3 is 0 Å². The van der Waals surface area contributed by atoms with Crippen molar-refractivity contribution in [3.8, 4) is 0 Å². The van der Waals surface area contributed by atoms with E-state index in [2.05, 4.69) is 40.9 Å². The highest BCUT2D eigenvalue weighted by molar-refractivity contribution is 5.02. The SMILES string of the molecule is CCC(CC)NC(C)c1nnc2n1CCCCC2. The van der Waals surface area contributed by atoms with E-state index in [-0.39, 0.29) is 0 Å². The second-order valence-electron chi connectivity index (χ2n) is 5.34. The van der Waals surface area contributed by atoms with E-state index < -0.39 is 0 Å². The highest BCUT2D eigenvalue weighted by atomic mass is 15.3. The van der Waals surface area contributed by atoms with E-state index in [1.54, 1.807) is 0 Å². The van der Waals surface area contributed by atoms with Crippen molar-refractivity contribution >= 4 is 0 Å². The van der Waals surface area contributed by atoms with Gasteiger partial charge in [0.1, 0.15) is 11.6 Å². The van der Waals surface area contributed by atoms with E-state index in [1.807, 2.05) is 0 Å². The summed E-state index contributed by atoms with van der Waals surface area (Å²) >= 11 is 0. The zero-order chi connectivity index (χ0) is 13.0. The monoisotopic (exact) mass is 250 g/mol. The third kappa shape index (κ3) is 2.91. The van der Waals surface area contributed by atoms with Gasteiger partial charge in [0.25, 0.3) is 0 Å². The van der Waals surface area contributed by atoms with Crippen LogP contribution in [-0.4, -0.2) is 20.8 Å². The Morgan fingerprint density at radius 3 is 2.67 bits per heavy atom. The van der Waals surface area contributed by atoms with E-state index in [0.717, 1.165) is 18.8 Å². The van der Waals surface area contributed by atoms with Crippen LogP contribution < -0.4 is 5.32 Å². The van der Waals surface area contributed by atoms with Crippen LogP contribution in [0.1, 0.15) is 70.6 Å². The summed E-state index contributed by atoms with van der Waals surface area (Å²) in [6.07, 6.45) is 7.26. The van der Waals surface area contributed by atoms with E-state index in [9.17, 15) is 0 Å². The molecule has 2 rings (SSSR count). The second-order valence-corrected chi connectivity index (χ2v) is 5.34. The van der Waals surface area contributed by atoms with Crippen LogP contribution in [0.25, 0.3) is 0 Å². The molecule has 4 heteroatoms. The summed E-state index contributed by atoms with van der Waals surface area (Å²) in [5, 5.41) is 12.4. The predicted molar refractivity (Wildman–Crippen MR) is 73.5 cm³/mol. The summed E-state index contributed by atoms with van der Waals surface area (Å²) in [6, 6.07) is 0.882. The lowest BCUT2D eigenvalue weighted by Gasteiger charge is -2.21. The van der Waals surface area contributed by atoms with Crippen molar-refractivity contribution < 1.29 is 0 Å². The van der Waals surface area contributed by atoms with Crippen LogP contribution in [0.15, 0.2) is 0 Å². The van der Waals surface area contributed by atoms with E-state index in [1.165, 1.54) is 37.9 Å². The number of aromatic nitrogens is 3. The number of aryl methyl sites for hydroxylation is 1. The molecular weight excluding hydrogens is 224 g/mol. The fourth-order valence-electron chi connectivity index (χ4n) is 2.78. The van der Waals surface area contributed by atoms with E-state index >= 15 is 0 Å². The molecule has 102 valence electrons. The van der Waals surface area contributed by atoms with Crippen molar-refractivity contribution in [2.24, 2.45) is 0 Å². The number of hydrogen-bond acceptors (Lipinski definition) is 3. The Kier molecular flexibility index (Phi) is 4.75. The lowest BCUT2D eigenvalue weighted by molar-refractivity contribution is 0.408. The summed E-state index contributed by atoms with van der Waals surface area (Å²) in [4.78, 5) is 0. The fraction of sp³-hybridized carbons (Fsp3) is 0.857. The molecule has 0 fully saturated rings. The lowest BCUT2D eigenvalue weighted by Crippen LogP contribution is -2.32. The van der Waals surface area contributed by atoms with Crippen molar-refractivity contribution in [2.75, 3.05) is 0 Å². The van der Waals surface area contributed by atoms with Gasteiger partial charge in [0.2, 0.25) is 0 Å². The van der Waals surface area contributed by atoms with Crippen LogP contribution >= 0.6 is 0 Å². The lowest BCUT2D eigenvalue weighted by atomic mass is 10.1. The Balaban J connectivity index is 2.10. The van der Waals surface area contributed by atoms with Gasteiger partial charge in [0, 0.05) is 19.0 Å². The third-order valence-corrected chi connectivity index (χ3v) is 4.00. The van der Waals surface area contributed by atoms with Crippen LogP contribution in [0.4, 0.5) is 0 Å². The van der Waals surface area contributed by atoms with Crippen molar-refractivity contribution in [3.63, 3.8) is 0 Å². The van der Waals surface area contributed by atoms with Crippen molar-refractivity contribution in [1.82, 2.24) is 20.1 Å². The minimum Gasteiger partial charge on any atom is -0.314 e. The Hall–Kier alpha value is -0.900. The van der Waals surface area contributed by atoms with Gasteiger partial charge in [-0.2, -0.15) is 0 Å². The average molecular weight is 250 g/mol. The molecule has 1 aliphatic rings. The Morgan fingerprint density at radius 1 is 1.17 bits per heavy atom. The maximum Gasteiger partial charge on any atom is 0.149 e. The van der Waals surface area contributed by atoms with E-state index in [0.29, 0.717) is 12.1 Å². The highest BCUT2D eigenvalue weighted by Gasteiger charge is 2.20. The van der Waals surface area contributed by atoms with Crippen LogP contribution in [-0.2, 0) is 13.0 Å². The molecule has 1 aromatic heterocycles. The van der Waals surface area contributed by atoms with Gasteiger partial charge in [0.15, 0.2) is 0 Å². The molecule has 1 atom stereocenters. The summed E-state index contributed by atoms with van der Waals surface area (Å²) in [7, 11) is 0. The number of nitrogens with one attached hydrogen (secondary N) is 1. The smallest absolute Gasteiger partial charge is 0.149 e. The van der Waals surface area contributed by atoms with Gasteiger partial charge in [-0.1, -0.05) is 20.3 Å². The molecule has 1 aromatic rings. The van der Waals surface area contributed by atoms with Gasteiger partial charge in [-0.25, -0.2) is 0 Å². The molecule has 1 aliphatic heterocycles. The maximum absolute atomic E-state index is 4.41. The summed E-state index contributed by atoms with van der Waals surface area (Å²) in [6.45, 7) is 7.77. The molecule has 2 heterocycles. The first-order valence-electron chi connectivity index (χ1n) is 7.44. The number of nitrogens with zero attached hydrogens (tertiary/aromatic N) is 3. The molecule has 0 saturated carbocycles. The molecule has 0 aliphatic carbocycles. The fourth-order valence-corrected chi connectivity index (χ4v) is 2.78. The molecule has 4 nitrogen and oxygen atoms in total. The summed E-state index contributed by atoms with van der Waals surface area (Å²) < 4.78 is 2.34. The predicted octanol–water partition coefficient (Wildman–Crippen LogP) is 2.84. The number of fused-ring (bicyclic) bond motifs is 1.